The Labute approximate surface area is 141 Å². The largest absolute Gasteiger partial charge is 0.463 e. The average molecular weight is 349 g/mol. The molecule has 0 fully saturated rings. The molecule has 0 N–H and O–H groups in total. The van der Waals surface area contributed by atoms with Crippen molar-refractivity contribution in [1.82, 2.24) is 9.78 Å². The molecule has 0 spiro atoms. The van der Waals surface area contributed by atoms with Crippen LogP contribution in [-0.2, 0) is 6.54 Å². The van der Waals surface area contributed by atoms with Crippen LogP contribution in [0.15, 0.2) is 57.9 Å². The minimum absolute atomic E-state index is 0.227. The summed E-state index contributed by atoms with van der Waals surface area (Å²) in [5.74, 6) is 0.175. The van der Waals surface area contributed by atoms with Crippen LogP contribution in [-0.4, -0.2) is 15.6 Å². The minimum atomic E-state index is -0.390. The summed E-state index contributed by atoms with van der Waals surface area (Å²) >= 11 is 11.8. The van der Waals surface area contributed by atoms with Crippen LogP contribution in [0.2, 0.25) is 10.0 Å². The van der Waals surface area contributed by atoms with Crippen molar-refractivity contribution in [2.75, 3.05) is 0 Å². The first-order valence-electron chi connectivity index (χ1n) is 6.65. The van der Waals surface area contributed by atoms with Crippen LogP contribution >= 0.6 is 23.2 Å². The van der Waals surface area contributed by atoms with Crippen molar-refractivity contribution in [3.8, 4) is 11.5 Å². The number of benzene rings is 1. The van der Waals surface area contributed by atoms with E-state index in [4.69, 9.17) is 27.6 Å². The lowest BCUT2D eigenvalue weighted by molar-refractivity contribution is 0.0966. The molecule has 2 aromatic heterocycles. The molecule has 116 valence electrons. The van der Waals surface area contributed by atoms with Crippen molar-refractivity contribution < 1.29 is 9.21 Å². The van der Waals surface area contributed by atoms with Crippen LogP contribution in [0.1, 0.15) is 10.4 Å². The Hall–Kier alpha value is -2.37. The van der Waals surface area contributed by atoms with Crippen LogP contribution in [0, 0.1) is 0 Å². The molecule has 3 aromatic rings. The highest BCUT2D eigenvalue weighted by atomic mass is 35.5. The second kappa shape index (κ2) is 6.40. The number of nitrogens with zero attached hydrogens (tertiary/aromatic N) is 2. The summed E-state index contributed by atoms with van der Waals surface area (Å²) in [4.78, 5) is 24.3. The molecule has 0 atom stereocenters. The van der Waals surface area contributed by atoms with Crippen molar-refractivity contribution in [2.45, 2.75) is 6.54 Å². The maximum absolute atomic E-state index is 12.3. The Balaban J connectivity index is 1.92. The number of halogens is 2. The summed E-state index contributed by atoms with van der Waals surface area (Å²) < 4.78 is 6.31. The Morgan fingerprint density at radius 3 is 2.70 bits per heavy atom. The number of hydrogen-bond acceptors (Lipinski definition) is 4. The molecule has 0 amide bonds. The van der Waals surface area contributed by atoms with Crippen LogP contribution in [0.3, 0.4) is 0 Å². The first-order chi connectivity index (χ1) is 11.0. The van der Waals surface area contributed by atoms with E-state index in [1.54, 1.807) is 18.2 Å². The number of rotatable bonds is 4. The van der Waals surface area contributed by atoms with Crippen molar-refractivity contribution in [3.63, 3.8) is 0 Å². The third kappa shape index (κ3) is 3.36. The molecule has 2 heterocycles. The van der Waals surface area contributed by atoms with E-state index in [2.05, 4.69) is 5.10 Å². The molecule has 5 nitrogen and oxygen atoms in total. The van der Waals surface area contributed by atoms with Crippen LogP contribution < -0.4 is 5.56 Å². The highest BCUT2D eigenvalue weighted by Crippen LogP contribution is 2.22. The summed E-state index contributed by atoms with van der Waals surface area (Å²) in [5.41, 5.74) is 0.358. The molecule has 3 rings (SSSR count). The quantitative estimate of drug-likeness (QED) is 0.674. The van der Waals surface area contributed by atoms with E-state index in [-0.39, 0.29) is 22.9 Å². The van der Waals surface area contributed by atoms with Crippen molar-refractivity contribution in [1.29, 1.82) is 0 Å². The van der Waals surface area contributed by atoms with Crippen LogP contribution in [0.5, 0.6) is 0 Å². The lowest BCUT2D eigenvalue weighted by atomic mass is 10.1. The van der Waals surface area contributed by atoms with Gasteiger partial charge in [-0.1, -0.05) is 23.2 Å². The van der Waals surface area contributed by atoms with Gasteiger partial charge in [0.2, 0.25) is 0 Å². The van der Waals surface area contributed by atoms with E-state index in [1.807, 2.05) is 0 Å². The SMILES string of the molecule is O=C(Cn1nc(-c2ccco2)ccc1=O)c1ccc(Cl)cc1Cl. The van der Waals surface area contributed by atoms with Gasteiger partial charge >= 0.3 is 0 Å². The van der Waals surface area contributed by atoms with E-state index in [0.717, 1.165) is 4.68 Å². The van der Waals surface area contributed by atoms with Gasteiger partial charge in [-0.15, -0.1) is 0 Å². The zero-order valence-corrected chi connectivity index (χ0v) is 13.2. The summed E-state index contributed by atoms with van der Waals surface area (Å²) in [7, 11) is 0. The molecule has 0 saturated heterocycles. The van der Waals surface area contributed by atoms with Crippen molar-refractivity contribution in [3.05, 3.63) is 74.7 Å². The maximum atomic E-state index is 12.3. The molecule has 0 aliphatic carbocycles. The molecule has 23 heavy (non-hydrogen) atoms. The number of aromatic nitrogens is 2. The number of furan rings is 1. The number of hydrogen-bond donors (Lipinski definition) is 0. The van der Waals surface area contributed by atoms with Gasteiger partial charge < -0.3 is 4.42 Å². The fourth-order valence-corrected chi connectivity index (χ4v) is 2.57. The predicted molar refractivity (Wildman–Crippen MR) is 87.0 cm³/mol. The molecule has 0 saturated carbocycles. The molecular formula is C16H10Cl2N2O3. The van der Waals surface area contributed by atoms with E-state index in [1.165, 1.54) is 30.5 Å². The number of Topliss-reactive ketones (excluding diaryl/α,β-unsaturated/α-hetero) is 1. The zero-order valence-electron chi connectivity index (χ0n) is 11.7. The van der Waals surface area contributed by atoms with Gasteiger partial charge in [0.25, 0.3) is 5.56 Å². The fraction of sp³-hybridized carbons (Fsp3) is 0.0625. The Morgan fingerprint density at radius 1 is 1.17 bits per heavy atom. The van der Waals surface area contributed by atoms with E-state index in [9.17, 15) is 9.59 Å². The summed E-state index contributed by atoms with van der Waals surface area (Å²) in [6.45, 7) is -0.227. The number of carbonyl (C=O) groups excluding carboxylic acids is 1. The predicted octanol–water partition coefficient (Wildman–Crippen LogP) is 3.69. The normalized spacial score (nSPS) is 10.7. The second-order valence-corrected chi connectivity index (χ2v) is 5.58. The van der Waals surface area contributed by atoms with Crippen LogP contribution in [0.25, 0.3) is 11.5 Å². The number of ketones is 1. The summed E-state index contributed by atoms with van der Waals surface area (Å²) in [6, 6.07) is 10.9. The molecule has 0 aliphatic heterocycles. The molecule has 7 heteroatoms. The van der Waals surface area contributed by atoms with Crippen LogP contribution in [0.4, 0.5) is 0 Å². The lowest BCUT2D eigenvalue weighted by Gasteiger charge is -2.07. The third-order valence-corrected chi connectivity index (χ3v) is 3.71. The van der Waals surface area contributed by atoms with Gasteiger partial charge in [0.05, 0.1) is 11.3 Å². The molecule has 0 bridgehead atoms. The van der Waals surface area contributed by atoms with Crippen molar-refractivity contribution in [2.24, 2.45) is 0 Å². The third-order valence-electron chi connectivity index (χ3n) is 3.17. The van der Waals surface area contributed by atoms with Gasteiger partial charge in [-0.3, -0.25) is 9.59 Å². The smallest absolute Gasteiger partial charge is 0.267 e. The van der Waals surface area contributed by atoms with Gasteiger partial charge in [-0.2, -0.15) is 5.10 Å². The molecular weight excluding hydrogens is 339 g/mol. The monoisotopic (exact) mass is 348 g/mol. The highest BCUT2D eigenvalue weighted by molar-refractivity contribution is 6.36. The van der Waals surface area contributed by atoms with Gasteiger partial charge in [0.1, 0.15) is 12.2 Å². The highest BCUT2D eigenvalue weighted by Gasteiger charge is 2.14. The zero-order chi connectivity index (χ0) is 16.4. The fourth-order valence-electron chi connectivity index (χ4n) is 2.05. The molecule has 0 radical (unpaired) electrons. The standard InChI is InChI=1S/C16H10Cl2N2O3/c17-10-3-4-11(12(18)8-10)14(21)9-20-16(22)6-5-13(19-20)15-2-1-7-23-15/h1-8H,9H2. The first kappa shape index (κ1) is 15.5. The van der Waals surface area contributed by atoms with E-state index < -0.39 is 5.56 Å². The van der Waals surface area contributed by atoms with Gasteiger partial charge in [0.15, 0.2) is 11.5 Å². The Bertz CT molecular complexity index is 917. The average Bonchev–Trinajstić information content (AvgIpc) is 3.03. The van der Waals surface area contributed by atoms with E-state index >= 15 is 0 Å². The molecule has 0 aliphatic rings. The second-order valence-electron chi connectivity index (χ2n) is 4.74. The van der Waals surface area contributed by atoms with Crippen molar-refractivity contribution >= 4 is 29.0 Å². The molecule has 0 unspecified atom stereocenters. The van der Waals surface area contributed by atoms with Gasteiger partial charge in [0, 0.05) is 16.7 Å². The Morgan fingerprint density at radius 2 is 2.00 bits per heavy atom. The first-order valence-corrected chi connectivity index (χ1v) is 7.40. The van der Waals surface area contributed by atoms with Gasteiger partial charge in [-0.05, 0) is 36.4 Å². The molecule has 1 aromatic carbocycles. The van der Waals surface area contributed by atoms with Gasteiger partial charge in [-0.25, -0.2) is 4.68 Å². The van der Waals surface area contributed by atoms with E-state index in [0.29, 0.717) is 16.5 Å². The minimum Gasteiger partial charge on any atom is -0.463 e. The maximum Gasteiger partial charge on any atom is 0.267 e. The number of carbonyl (C=O) groups is 1. The topological polar surface area (TPSA) is 65.1 Å². The Kier molecular flexibility index (Phi) is 4.32. The lowest BCUT2D eigenvalue weighted by Crippen LogP contribution is -2.26. The summed E-state index contributed by atoms with van der Waals surface area (Å²) in [5, 5.41) is 4.81. The summed E-state index contributed by atoms with van der Waals surface area (Å²) in [6.07, 6.45) is 1.51.